The van der Waals surface area contributed by atoms with Crippen LogP contribution in [0, 0.1) is 5.92 Å². The Morgan fingerprint density at radius 3 is 2.63 bits per heavy atom. The molecule has 3 heteroatoms. The molecule has 1 unspecified atom stereocenters. The van der Waals surface area contributed by atoms with Crippen molar-refractivity contribution < 1.29 is 9.47 Å². The molecule has 0 bridgehead atoms. The zero-order chi connectivity index (χ0) is 13.5. The monoisotopic (exact) mass is 263 g/mol. The number of hydrogen-bond acceptors (Lipinski definition) is 3. The highest BCUT2D eigenvalue weighted by Crippen LogP contribution is 2.12. The van der Waals surface area contributed by atoms with Crippen LogP contribution in [-0.2, 0) is 22.6 Å². The summed E-state index contributed by atoms with van der Waals surface area (Å²) in [6.07, 6.45) is 1.31. The normalized spacial score (nSPS) is 19.2. The summed E-state index contributed by atoms with van der Waals surface area (Å²) in [6.45, 7) is 8.72. The van der Waals surface area contributed by atoms with Gasteiger partial charge in [0.1, 0.15) is 0 Å². The molecule has 0 amide bonds. The van der Waals surface area contributed by atoms with E-state index in [-0.39, 0.29) is 6.10 Å². The van der Waals surface area contributed by atoms with Crippen LogP contribution in [0.3, 0.4) is 0 Å². The molecule has 1 heterocycles. The van der Waals surface area contributed by atoms with E-state index >= 15 is 0 Å². The minimum absolute atomic E-state index is 0.285. The molecule has 1 aliphatic heterocycles. The van der Waals surface area contributed by atoms with Crippen LogP contribution in [0.2, 0.25) is 0 Å². The van der Waals surface area contributed by atoms with E-state index in [4.69, 9.17) is 9.47 Å². The van der Waals surface area contributed by atoms with E-state index in [1.54, 1.807) is 0 Å². The molecule has 1 N–H and O–H groups in total. The van der Waals surface area contributed by atoms with Crippen LogP contribution in [0.1, 0.15) is 31.4 Å². The van der Waals surface area contributed by atoms with Gasteiger partial charge < -0.3 is 14.8 Å². The van der Waals surface area contributed by atoms with Crippen molar-refractivity contribution in [2.24, 2.45) is 5.92 Å². The molecule has 1 saturated heterocycles. The highest BCUT2D eigenvalue weighted by molar-refractivity contribution is 5.21. The summed E-state index contributed by atoms with van der Waals surface area (Å²) >= 11 is 0. The standard InChI is InChI=1S/C16H25NO2/c1-13(2)9-17-10-14-3-5-15(6-4-14)11-19-16-7-8-18-12-16/h3-6,13,16-17H,7-12H2,1-2H3. The number of hydrogen-bond donors (Lipinski definition) is 1. The second kappa shape index (κ2) is 7.63. The van der Waals surface area contributed by atoms with Gasteiger partial charge in [0, 0.05) is 13.2 Å². The van der Waals surface area contributed by atoms with Crippen molar-refractivity contribution in [3.8, 4) is 0 Å². The predicted octanol–water partition coefficient (Wildman–Crippen LogP) is 2.74. The Bertz CT molecular complexity index is 356. The van der Waals surface area contributed by atoms with Crippen LogP contribution in [0.15, 0.2) is 24.3 Å². The summed E-state index contributed by atoms with van der Waals surface area (Å²) in [4.78, 5) is 0. The summed E-state index contributed by atoms with van der Waals surface area (Å²) in [7, 11) is 0. The molecule has 0 aliphatic carbocycles. The maximum absolute atomic E-state index is 5.80. The Labute approximate surface area is 116 Å². The molecule has 1 aromatic carbocycles. The fourth-order valence-electron chi connectivity index (χ4n) is 2.12. The largest absolute Gasteiger partial charge is 0.379 e. The van der Waals surface area contributed by atoms with Crippen molar-refractivity contribution in [1.82, 2.24) is 5.32 Å². The van der Waals surface area contributed by atoms with Crippen molar-refractivity contribution in [1.29, 1.82) is 0 Å². The second-order valence-electron chi connectivity index (χ2n) is 5.64. The molecule has 1 atom stereocenters. The lowest BCUT2D eigenvalue weighted by Gasteiger charge is -2.11. The van der Waals surface area contributed by atoms with Crippen molar-refractivity contribution in [3.05, 3.63) is 35.4 Å². The molecule has 1 aliphatic rings. The van der Waals surface area contributed by atoms with Gasteiger partial charge in [0.05, 0.1) is 19.3 Å². The van der Waals surface area contributed by atoms with Gasteiger partial charge in [-0.1, -0.05) is 38.1 Å². The molecule has 1 aromatic rings. The second-order valence-corrected chi connectivity index (χ2v) is 5.64. The number of nitrogens with one attached hydrogen (secondary N) is 1. The zero-order valence-electron chi connectivity index (χ0n) is 12.0. The topological polar surface area (TPSA) is 30.5 Å². The Morgan fingerprint density at radius 1 is 1.26 bits per heavy atom. The van der Waals surface area contributed by atoms with Gasteiger partial charge in [-0.3, -0.25) is 0 Å². The smallest absolute Gasteiger partial charge is 0.0834 e. The van der Waals surface area contributed by atoms with Crippen molar-refractivity contribution in [3.63, 3.8) is 0 Å². The molecule has 0 radical (unpaired) electrons. The molecule has 1 fully saturated rings. The fraction of sp³-hybridized carbons (Fsp3) is 0.625. The molecule has 3 nitrogen and oxygen atoms in total. The van der Waals surface area contributed by atoms with Crippen LogP contribution < -0.4 is 5.32 Å². The Balaban J connectivity index is 1.71. The van der Waals surface area contributed by atoms with Crippen molar-refractivity contribution in [2.75, 3.05) is 19.8 Å². The first-order valence-electron chi connectivity index (χ1n) is 7.22. The molecule has 0 spiro atoms. The van der Waals surface area contributed by atoms with Gasteiger partial charge in [0.15, 0.2) is 0 Å². The lowest BCUT2D eigenvalue weighted by Crippen LogP contribution is -2.18. The number of ether oxygens (including phenoxy) is 2. The molecule has 2 rings (SSSR count). The third kappa shape index (κ3) is 5.31. The number of rotatable bonds is 7. The van der Waals surface area contributed by atoms with Gasteiger partial charge in [-0.25, -0.2) is 0 Å². The summed E-state index contributed by atoms with van der Waals surface area (Å²) in [5.41, 5.74) is 2.56. The molecule has 0 aromatic heterocycles. The van der Waals surface area contributed by atoms with E-state index in [1.807, 2.05) is 0 Å². The van der Waals surface area contributed by atoms with Gasteiger partial charge in [0.25, 0.3) is 0 Å². The molecule has 106 valence electrons. The van der Waals surface area contributed by atoms with Crippen LogP contribution in [0.4, 0.5) is 0 Å². The first-order valence-corrected chi connectivity index (χ1v) is 7.22. The fourth-order valence-corrected chi connectivity index (χ4v) is 2.12. The summed E-state index contributed by atoms with van der Waals surface area (Å²) in [5.74, 6) is 0.696. The van der Waals surface area contributed by atoms with Crippen LogP contribution in [0.25, 0.3) is 0 Å². The third-order valence-electron chi connectivity index (χ3n) is 3.28. The van der Waals surface area contributed by atoms with E-state index in [0.717, 1.165) is 32.7 Å². The van der Waals surface area contributed by atoms with E-state index < -0.39 is 0 Å². The minimum atomic E-state index is 0.285. The minimum Gasteiger partial charge on any atom is -0.379 e. The highest BCUT2D eigenvalue weighted by atomic mass is 16.5. The zero-order valence-corrected chi connectivity index (χ0v) is 12.0. The van der Waals surface area contributed by atoms with Crippen LogP contribution in [0.5, 0.6) is 0 Å². The molecule has 0 saturated carbocycles. The first kappa shape index (κ1) is 14.5. The van der Waals surface area contributed by atoms with Crippen LogP contribution in [-0.4, -0.2) is 25.9 Å². The Morgan fingerprint density at radius 2 is 2.00 bits per heavy atom. The lowest BCUT2D eigenvalue weighted by molar-refractivity contribution is 0.0317. The van der Waals surface area contributed by atoms with Crippen molar-refractivity contribution in [2.45, 2.75) is 39.5 Å². The van der Waals surface area contributed by atoms with Gasteiger partial charge in [-0.15, -0.1) is 0 Å². The van der Waals surface area contributed by atoms with Crippen molar-refractivity contribution >= 4 is 0 Å². The maximum Gasteiger partial charge on any atom is 0.0834 e. The van der Waals surface area contributed by atoms with E-state index in [2.05, 4.69) is 43.4 Å². The van der Waals surface area contributed by atoms with Gasteiger partial charge in [0.2, 0.25) is 0 Å². The summed E-state index contributed by atoms with van der Waals surface area (Å²) in [5, 5.41) is 3.45. The average molecular weight is 263 g/mol. The summed E-state index contributed by atoms with van der Waals surface area (Å²) in [6, 6.07) is 8.67. The first-order chi connectivity index (χ1) is 9.24. The molecular formula is C16H25NO2. The SMILES string of the molecule is CC(C)CNCc1ccc(COC2CCOC2)cc1. The van der Waals surface area contributed by atoms with Crippen LogP contribution >= 0.6 is 0 Å². The molecule has 19 heavy (non-hydrogen) atoms. The predicted molar refractivity (Wildman–Crippen MR) is 77.0 cm³/mol. The van der Waals surface area contributed by atoms with Gasteiger partial charge >= 0.3 is 0 Å². The third-order valence-corrected chi connectivity index (χ3v) is 3.28. The lowest BCUT2D eigenvalue weighted by atomic mass is 10.1. The highest BCUT2D eigenvalue weighted by Gasteiger charge is 2.15. The van der Waals surface area contributed by atoms with E-state index in [1.165, 1.54) is 11.1 Å². The Hall–Kier alpha value is -0.900. The van der Waals surface area contributed by atoms with Gasteiger partial charge in [-0.2, -0.15) is 0 Å². The maximum atomic E-state index is 5.80. The van der Waals surface area contributed by atoms with Gasteiger partial charge in [-0.05, 0) is 30.0 Å². The quantitative estimate of drug-likeness (QED) is 0.820. The number of benzene rings is 1. The molecular weight excluding hydrogens is 238 g/mol. The Kier molecular flexibility index (Phi) is 5.83. The van der Waals surface area contributed by atoms with E-state index in [0.29, 0.717) is 12.5 Å². The summed E-state index contributed by atoms with van der Waals surface area (Å²) < 4.78 is 11.1. The van der Waals surface area contributed by atoms with E-state index in [9.17, 15) is 0 Å². The average Bonchev–Trinajstić information content (AvgIpc) is 2.90.